The van der Waals surface area contributed by atoms with E-state index in [2.05, 4.69) is 12.0 Å². The number of anilines is 1. The first kappa shape index (κ1) is 20.2. The zero-order valence-electron chi connectivity index (χ0n) is 16.8. The molecule has 30 heavy (non-hydrogen) atoms. The van der Waals surface area contributed by atoms with Crippen LogP contribution in [0.2, 0.25) is 5.02 Å². The largest absolute Gasteiger partial charge is 0.365 e. The van der Waals surface area contributed by atoms with Gasteiger partial charge in [0.15, 0.2) is 0 Å². The fourth-order valence-electron chi connectivity index (χ4n) is 3.61. The van der Waals surface area contributed by atoms with Gasteiger partial charge in [0.05, 0.1) is 17.6 Å². The van der Waals surface area contributed by atoms with Crippen LogP contribution in [-0.4, -0.2) is 46.8 Å². The topological polar surface area (TPSA) is 58.4 Å². The molecule has 1 amide bonds. The summed E-state index contributed by atoms with van der Waals surface area (Å²) in [6.07, 6.45) is 2.57. The maximum Gasteiger partial charge on any atom is 0.292 e. The lowest BCUT2D eigenvalue weighted by Gasteiger charge is -2.36. The SMILES string of the molecule is CCc1ccc(C(=O)N2CCN(c3cnn(-c4ccccc4)c(=O)c3Cl)CC2)cc1. The average molecular weight is 423 g/mol. The van der Waals surface area contributed by atoms with Crippen LogP contribution in [0, 0.1) is 0 Å². The van der Waals surface area contributed by atoms with Crippen molar-refractivity contribution in [2.45, 2.75) is 13.3 Å². The first-order valence-corrected chi connectivity index (χ1v) is 10.4. The van der Waals surface area contributed by atoms with Gasteiger partial charge in [0, 0.05) is 31.7 Å². The Morgan fingerprint density at radius 3 is 2.30 bits per heavy atom. The minimum absolute atomic E-state index is 0.0287. The lowest BCUT2D eigenvalue weighted by molar-refractivity contribution is 0.0747. The molecule has 3 aromatic rings. The molecule has 0 saturated carbocycles. The zero-order valence-corrected chi connectivity index (χ0v) is 17.5. The number of aromatic nitrogens is 2. The van der Waals surface area contributed by atoms with Crippen LogP contribution in [0.3, 0.4) is 0 Å². The Hall–Kier alpha value is -3.12. The second-order valence-electron chi connectivity index (χ2n) is 7.23. The molecule has 154 valence electrons. The van der Waals surface area contributed by atoms with E-state index >= 15 is 0 Å². The summed E-state index contributed by atoms with van der Waals surface area (Å²) in [6.45, 7) is 4.40. The fourth-order valence-corrected chi connectivity index (χ4v) is 3.86. The van der Waals surface area contributed by atoms with Crippen molar-refractivity contribution in [2.24, 2.45) is 0 Å². The number of para-hydroxylation sites is 1. The standard InChI is InChI=1S/C23H23ClN4O2/c1-2-17-8-10-18(11-9-17)22(29)27-14-12-26(13-15-27)20-16-25-28(23(30)21(20)24)19-6-4-3-5-7-19/h3-11,16H,2,12-15H2,1H3. The molecule has 1 saturated heterocycles. The zero-order chi connectivity index (χ0) is 21.1. The summed E-state index contributed by atoms with van der Waals surface area (Å²) in [4.78, 5) is 29.3. The van der Waals surface area contributed by atoms with Gasteiger partial charge in [-0.1, -0.05) is 48.9 Å². The Morgan fingerprint density at radius 2 is 1.67 bits per heavy atom. The van der Waals surface area contributed by atoms with Crippen molar-refractivity contribution in [3.8, 4) is 5.69 Å². The summed E-state index contributed by atoms with van der Waals surface area (Å²) >= 11 is 6.41. The molecule has 0 spiro atoms. The number of aryl methyl sites for hydroxylation is 1. The van der Waals surface area contributed by atoms with Crippen molar-refractivity contribution in [3.63, 3.8) is 0 Å². The third-order valence-electron chi connectivity index (χ3n) is 5.42. The van der Waals surface area contributed by atoms with Gasteiger partial charge in [-0.15, -0.1) is 0 Å². The molecule has 0 unspecified atom stereocenters. The quantitative estimate of drug-likeness (QED) is 0.646. The predicted octanol–water partition coefficient (Wildman–Crippen LogP) is 3.41. The second-order valence-corrected chi connectivity index (χ2v) is 7.60. The Kier molecular flexibility index (Phi) is 5.86. The average Bonchev–Trinajstić information content (AvgIpc) is 2.81. The number of nitrogens with zero attached hydrogens (tertiary/aromatic N) is 4. The lowest BCUT2D eigenvalue weighted by Crippen LogP contribution is -2.49. The van der Waals surface area contributed by atoms with Crippen LogP contribution in [-0.2, 0) is 6.42 Å². The van der Waals surface area contributed by atoms with E-state index in [0.717, 1.165) is 6.42 Å². The molecule has 1 aliphatic rings. The molecular formula is C23H23ClN4O2. The number of amides is 1. The maximum absolute atomic E-state index is 12.8. The van der Waals surface area contributed by atoms with Crippen molar-refractivity contribution in [2.75, 3.05) is 31.1 Å². The third kappa shape index (κ3) is 3.96. The molecule has 1 aromatic heterocycles. The van der Waals surface area contributed by atoms with Crippen LogP contribution in [0.5, 0.6) is 0 Å². The van der Waals surface area contributed by atoms with E-state index < -0.39 is 0 Å². The summed E-state index contributed by atoms with van der Waals surface area (Å²) in [6, 6.07) is 16.9. The van der Waals surface area contributed by atoms with Gasteiger partial charge in [-0.2, -0.15) is 9.78 Å². The van der Waals surface area contributed by atoms with Gasteiger partial charge in [-0.05, 0) is 36.2 Å². The third-order valence-corrected chi connectivity index (χ3v) is 5.77. The molecule has 0 atom stereocenters. The van der Waals surface area contributed by atoms with Crippen molar-refractivity contribution in [3.05, 3.63) is 87.3 Å². The molecule has 6 nitrogen and oxygen atoms in total. The molecule has 1 aliphatic heterocycles. The van der Waals surface area contributed by atoms with Crippen LogP contribution in [0.25, 0.3) is 5.69 Å². The molecule has 4 rings (SSSR count). The number of carbonyl (C=O) groups is 1. The first-order valence-electron chi connectivity index (χ1n) is 10.0. The highest BCUT2D eigenvalue weighted by Crippen LogP contribution is 2.23. The van der Waals surface area contributed by atoms with Gasteiger partial charge in [0.2, 0.25) is 0 Å². The summed E-state index contributed by atoms with van der Waals surface area (Å²) < 4.78 is 1.30. The fraction of sp³-hybridized carbons (Fsp3) is 0.261. The Morgan fingerprint density at radius 1 is 1.00 bits per heavy atom. The number of carbonyl (C=O) groups excluding carboxylic acids is 1. The van der Waals surface area contributed by atoms with Gasteiger partial charge in [-0.3, -0.25) is 9.59 Å². The van der Waals surface area contributed by atoms with Crippen LogP contribution in [0.1, 0.15) is 22.8 Å². The maximum atomic E-state index is 12.8. The summed E-state index contributed by atoms with van der Waals surface area (Å²) in [7, 11) is 0. The molecule has 2 heterocycles. The Labute approximate surface area is 180 Å². The van der Waals surface area contributed by atoms with E-state index in [-0.39, 0.29) is 16.5 Å². The molecule has 0 radical (unpaired) electrons. The smallest absolute Gasteiger partial charge is 0.292 e. The number of benzene rings is 2. The van der Waals surface area contributed by atoms with Crippen molar-refractivity contribution in [1.82, 2.24) is 14.7 Å². The molecule has 0 bridgehead atoms. The molecule has 2 aromatic carbocycles. The number of hydrogen-bond donors (Lipinski definition) is 0. The normalized spacial score (nSPS) is 14.1. The minimum atomic E-state index is -0.352. The molecule has 7 heteroatoms. The first-order chi connectivity index (χ1) is 14.6. The summed E-state index contributed by atoms with van der Waals surface area (Å²) in [5.41, 5.74) is 2.83. The highest BCUT2D eigenvalue weighted by molar-refractivity contribution is 6.33. The van der Waals surface area contributed by atoms with Crippen LogP contribution in [0.4, 0.5) is 5.69 Å². The Bertz CT molecular complexity index is 1090. The van der Waals surface area contributed by atoms with E-state index in [9.17, 15) is 9.59 Å². The number of halogens is 1. The highest BCUT2D eigenvalue weighted by atomic mass is 35.5. The molecule has 0 N–H and O–H groups in total. The van der Waals surface area contributed by atoms with Crippen molar-refractivity contribution < 1.29 is 4.79 Å². The van der Waals surface area contributed by atoms with E-state index in [1.807, 2.05) is 64.4 Å². The van der Waals surface area contributed by atoms with Gasteiger partial charge >= 0.3 is 0 Å². The number of piperazine rings is 1. The van der Waals surface area contributed by atoms with E-state index in [0.29, 0.717) is 43.1 Å². The van der Waals surface area contributed by atoms with Crippen molar-refractivity contribution >= 4 is 23.2 Å². The monoisotopic (exact) mass is 422 g/mol. The number of hydrogen-bond acceptors (Lipinski definition) is 4. The highest BCUT2D eigenvalue weighted by Gasteiger charge is 2.24. The van der Waals surface area contributed by atoms with E-state index in [4.69, 9.17) is 11.6 Å². The summed E-state index contributed by atoms with van der Waals surface area (Å²) in [5, 5.41) is 4.44. The van der Waals surface area contributed by atoms with Crippen LogP contribution in [0.15, 0.2) is 65.6 Å². The van der Waals surface area contributed by atoms with Gasteiger partial charge in [-0.25, -0.2) is 0 Å². The van der Waals surface area contributed by atoms with E-state index in [1.165, 1.54) is 10.2 Å². The van der Waals surface area contributed by atoms with Crippen LogP contribution < -0.4 is 10.5 Å². The summed E-state index contributed by atoms with van der Waals surface area (Å²) in [5.74, 6) is 0.0287. The van der Waals surface area contributed by atoms with Crippen molar-refractivity contribution in [1.29, 1.82) is 0 Å². The lowest BCUT2D eigenvalue weighted by atomic mass is 10.1. The second kappa shape index (κ2) is 8.71. The van der Waals surface area contributed by atoms with Gasteiger partial charge < -0.3 is 9.80 Å². The van der Waals surface area contributed by atoms with Gasteiger partial charge in [0.1, 0.15) is 5.02 Å². The molecular weight excluding hydrogens is 400 g/mol. The molecule has 1 fully saturated rings. The Balaban J connectivity index is 1.47. The molecule has 0 aliphatic carbocycles. The van der Waals surface area contributed by atoms with Gasteiger partial charge in [0.25, 0.3) is 11.5 Å². The number of rotatable bonds is 4. The van der Waals surface area contributed by atoms with Crippen LogP contribution >= 0.6 is 11.6 Å². The van der Waals surface area contributed by atoms with E-state index in [1.54, 1.807) is 6.20 Å². The minimum Gasteiger partial charge on any atom is -0.365 e. The predicted molar refractivity (Wildman–Crippen MR) is 119 cm³/mol.